The number of hydrazine groups is 1. The van der Waals surface area contributed by atoms with E-state index in [-0.39, 0.29) is 4.90 Å². The van der Waals surface area contributed by atoms with Gasteiger partial charge < -0.3 is 5.43 Å². The van der Waals surface area contributed by atoms with Gasteiger partial charge in [-0.15, -0.1) is 11.3 Å². The Hall–Kier alpha value is -1.41. The molecule has 0 spiro atoms. The van der Waals surface area contributed by atoms with Gasteiger partial charge >= 0.3 is 0 Å². The second kappa shape index (κ2) is 6.36. The van der Waals surface area contributed by atoms with Crippen molar-refractivity contribution in [2.75, 3.05) is 19.0 Å². The van der Waals surface area contributed by atoms with Crippen LogP contribution in [0.15, 0.2) is 46.7 Å². The number of rotatable bonds is 6. The first-order valence-corrected chi connectivity index (χ1v) is 8.42. The van der Waals surface area contributed by atoms with Crippen molar-refractivity contribution in [3.05, 3.63) is 46.7 Å². The second-order valence-corrected chi connectivity index (χ2v) is 7.34. The van der Waals surface area contributed by atoms with E-state index in [1.54, 1.807) is 42.6 Å². The number of anilines is 1. The van der Waals surface area contributed by atoms with Crippen LogP contribution >= 0.6 is 11.3 Å². The number of nitrogens with one attached hydrogen (secondary N) is 1. The van der Waals surface area contributed by atoms with Crippen molar-refractivity contribution in [1.29, 1.82) is 0 Å². The van der Waals surface area contributed by atoms with E-state index in [2.05, 4.69) is 5.43 Å². The number of nitrogens with zero attached hydrogens (tertiary/aromatic N) is 1. The Morgan fingerprint density at radius 3 is 2.65 bits per heavy atom. The molecule has 2 aromatic rings. The van der Waals surface area contributed by atoms with E-state index in [4.69, 9.17) is 5.84 Å². The minimum Gasteiger partial charge on any atom is -0.323 e. The van der Waals surface area contributed by atoms with Crippen molar-refractivity contribution < 1.29 is 8.42 Å². The molecule has 0 atom stereocenters. The highest BCUT2D eigenvalue weighted by Gasteiger charge is 2.23. The maximum absolute atomic E-state index is 12.5. The summed E-state index contributed by atoms with van der Waals surface area (Å²) in [5.41, 5.74) is 2.82. The zero-order chi connectivity index (χ0) is 14.6. The topological polar surface area (TPSA) is 75.4 Å². The summed E-state index contributed by atoms with van der Waals surface area (Å²) < 4.78 is 26.4. The highest BCUT2D eigenvalue weighted by molar-refractivity contribution is 7.89. The molecular formula is C13H17N3O2S2. The summed E-state index contributed by atoms with van der Waals surface area (Å²) >= 11 is 1.63. The van der Waals surface area contributed by atoms with Crippen LogP contribution in [0.4, 0.5) is 5.69 Å². The number of nitrogen functional groups attached to an aromatic ring is 1. The van der Waals surface area contributed by atoms with Crippen LogP contribution in [0.2, 0.25) is 0 Å². The molecule has 1 aromatic carbocycles. The lowest BCUT2D eigenvalue weighted by atomic mass is 10.3. The lowest BCUT2D eigenvalue weighted by molar-refractivity contribution is 0.474. The summed E-state index contributed by atoms with van der Waals surface area (Å²) in [6.45, 7) is 0.432. The Labute approximate surface area is 123 Å². The van der Waals surface area contributed by atoms with Gasteiger partial charge in [-0.25, -0.2) is 12.7 Å². The van der Waals surface area contributed by atoms with Gasteiger partial charge in [0, 0.05) is 18.5 Å². The maximum Gasteiger partial charge on any atom is 0.244 e. The third-order valence-corrected chi connectivity index (χ3v) is 5.84. The molecule has 1 heterocycles. The number of thiophene rings is 1. The van der Waals surface area contributed by atoms with Crippen LogP contribution in [0.1, 0.15) is 4.88 Å². The maximum atomic E-state index is 12.5. The van der Waals surface area contributed by atoms with Gasteiger partial charge in [0.1, 0.15) is 4.90 Å². The molecule has 1 aromatic heterocycles. The first-order valence-electron chi connectivity index (χ1n) is 6.10. The summed E-state index contributed by atoms with van der Waals surface area (Å²) in [7, 11) is -1.96. The van der Waals surface area contributed by atoms with E-state index in [0.717, 1.165) is 4.88 Å². The van der Waals surface area contributed by atoms with Crippen LogP contribution in [0.5, 0.6) is 0 Å². The van der Waals surface area contributed by atoms with Gasteiger partial charge in [-0.2, -0.15) is 0 Å². The predicted octanol–water partition coefficient (Wildman–Crippen LogP) is 1.90. The normalized spacial score (nSPS) is 11.8. The average Bonchev–Trinajstić information content (AvgIpc) is 2.97. The largest absolute Gasteiger partial charge is 0.323 e. The van der Waals surface area contributed by atoms with E-state index in [1.165, 1.54) is 4.31 Å². The van der Waals surface area contributed by atoms with Crippen molar-refractivity contribution in [1.82, 2.24) is 4.31 Å². The summed E-state index contributed by atoms with van der Waals surface area (Å²) in [4.78, 5) is 1.36. The summed E-state index contributed by atoms with van der Waals surface area (Å²) in [6, 6.07) is 10.6. The Morgan fingerprint density at radius 2 is 2.00 bits per heavy atom. The molecule has 2 rings (SSSR count). The van der Waals surface area contributed by atoms with Crippen LogP contribution in [0, 0.1) is 0 Å². The lowest BCUT2D eigenvalue weighted by Gasteiger charge is -2.18. The first kappa shape index (κ1) is 15.0. The zero-order valence-electron chi connectivity index (χ0n) is 11.1. The molecule has 0 unspecified atom stereocenters. The molecule has 7 heteroatoms. The third kappa shape index (κ3) is 3.18. The minimum absolute atomic E-state index is 0.191. The third-order valence-electron chi connectivity index (χ3n) is 2.98. The van der Waals surface area contributed by atoms with Gasteiger partial charge in [0.25, 0.3) is 0 Å². The van der Waals surface area contributed by atoms with Crippen LogP contribution in [-0.4, -0.2) is 26.3 Å². The molecular weight excluding hydrogens is 294 g/mol. The zero-order valence-corrected chi connectivity index (χ0v) is 12.7. The second-order valence-electron chi connectivity index (χ2n) is 4.30. The van der Waals surface area contributed by atoms with Crippen molar-refractivity contribution in [3.63, 3.8) is 0 Å². The van der Waals surface area contributed by atoms with Crippen LogP contribution in [-0.2, 0) is 16.4 Å². The first-order chi connectivity index (χ1) is 9.55. The molecule has 0 amide bonds. The van der Waals surface area contributed by atoms with E-state index in [0.29, 0.717) is 18.7 Å². The highest BCUT2D eigenvalue weighted by atomic mass is 32.2. The van der Waals surface area contributed by atoms with Gasteiger partial charge in [-0.05, 0) is 30.0 Å². The van der Waals surface area contributed by atoms with Crippen LogP contribution < -0.4 is 11.3 Å². The molecule has 0 fully saturated rings. The molecule has 0 aliphatic rings. The Balaban J connectivity index is 2.16. The van der Waals surface area contributed by atoms with Gasteiger partial charge in [-0.3, -0.25) is 5.84 Å². The van der Waals surface area contributed by atoms with E-state index >= 15 is 0 Å². The fourth-order valence-corrected chi connectivity index (χ4v) is 3.84. The standard InChI is InChI=1S/C13H17N3O2S2/c1-16(9-8-11-5-4-10-19-11)20(17,18)13-7-3-2-6-12(13)15-14/h2-7,10,15H,8-9,14H2,1H3. The number of hydrogen-bond acceptors (Lipinski definition) is 5. The quantitative estimate of drug-likeness (QED) is 0.631. The molecule has 0 radical (unpaired) electrons. The SMILES string of the molecule is CN(CCc1cccs1)S(=O)(=O)c1ccccc1NN. The molecule has 0 saturated carbocycles. The summed E-state index contributed by atoms with van der Waals surface area (Å²) in [5.74, 6) is 5.37. The number of nitrogens with two attached hydrogens (primary N) is 1. The van der Waals surface area contributed by atoms with Crippen LogP contribution in [0.25, 0.3) is 0 Å². The van der Waals surface area contributed by atoms with Gasteiger partial charge in [0.05, 0.1) is 5.69 Å². The molecule has 20 heavy (non-hydrogen) atoms. The number of likely N-dealkylation sites (N-methyl/N-ethyl adjacent to an activating group) is 1. The molecule has 108 valence electrons. The summed E-state index contributed by atoms with van der Waals surface area (Å²) in [6.07, 6.45) is 0.700. The minimum atomic E-state index is -3.54. The highest BCUT2D eigenvalue weighted by Crippen LogP contribution is 2.23. The van der Waals surface area contributed by atoms with E-state index in [1.807, 2.05) is 17.5 Å². The van der Waals surface area contributed by atoms with Crippen LogP contribution in [0.3, 0.4) is 0 Å². The van der Waals surface area contributed by atoms with Crippen molar-refractivity contribution in [2.45, 2.75) is 11.3 Å². The lowest BCUT2D eigenvalue weighted by Crippen LogP contribution is -2.29. The number of hydrogen-bond donors (Lipinski definition) is 2. The number of sulfonamides is 1. The van der Waals surface area contributed by atoms with Crippen molar-refractivity contribution in [2.24, 2.45) is 5.84 Å². The Morgan fingerprint density at radius 1 is 1.25 bits per heavy atom. The Kier molecular flexibility index (Phi) is 4.77. The number of para-hydroxylation sites is 1. The van der Waals surface area contributed by atoms with Gasteiger partial charge in [-0.1, -0.05) is 18.2 Å². The number of benzene rings is 1. The molecule has 0 saturated heterocycles. The fraction of sp³-hybridized carbons (Fsp3) is 0.231. The smallest absolute Gasteiger partial charge is 0.244 e. The van der Waals surface area contributed by atoms with Gasteiger partial charge in [0.2, 0.25) is 10.0 Å². The molecule has 3 N–H and O–H groups in total. The molecule has 0 aliphatic carbocycles. The Bertz CT molecular complexity index is 654. The monoisotopic (exact) mass is 311 g/mol. The molecule has 0 aliphatic heterocycles. The molecule has 0 bridgehead atoms. The van der Waals surface area contributed by atoms with Gasteiger partial charge in [0.15, 0.2) is 0 Å². The fourth-order valence-electron chi connectivity index (χ4n) is 1.82. The molecule has 5 nitrogen and oxygen atoms in total. The average molecular weight is 311 g/mol. The summed E-state index contributed by atoms with van der Waals surface area (Å²) in [5, 5.41) is 1.98. The predicted molar refractivity (Wildman–Crippen MR) is 82.1 cm³/mol. The van der Waals surface area contributed by atoms with Crippen molar-refractivity contribution in [3.8, 4) is 0 Å². The van der Waals surface area contributed by atoms with E-state index in [9.17, 15) is 8.42 Å². The van der Waals surface area contributed by atoms with Crippen molar-refractivity contribution >= 4 is 27.0 Å². The van der Waals surface area contributed by atoms with E-state index < -0.39 is 10.0 Å².